The molecule has 4 nitrogen and oxygen atoms in total. The van der Waals surface area contributed by atoms with Crippen LogP contribution in [0.1, 0.15) is 10.5 Å². The van der Waals surface area contributed by atoms with Crippen molar-refractivity contribution < 1.29 is 18.0 Å². The van der Waals surface area contributed by atoms with Crippen LogP contribution in [0.25, 0.3) is 5.65 Å². The minimum atomic E-state index is -4.34. The fourth-order valence-corrected chi connectivity index (χ4v) is 1.74. The second kappa shape index (κ2) is 4.32. The average Bonchev–Trinajstić information content (AvgIpc) is 2.65. The molecular formula is C11H10F3N3O. The fourth-order valence-electron chi connectivity index (χ4n) is 1.74. The van der Waals surface area contributed by atoms with Gasteiger partial charge in [-0.3, -0.25) is 9.20 Å². The number of nitrogens with zero attached hydrogens (tertiary/aromatic N) is 3. The molecule has 0 saturated heterocycles. The van der Waals surface area contributed by atoms with Crippen LogP contribution in [0.15, 0.2) is 24.4 Å². The van der Waals surface area contributed by atoms with Gasteiger partial charge < -0.3 is 4.90 Å². The molecule has 0 aromatic carbocycles. The largest absolute Gasteiger partial charge is 0.405 e. The number of rotatable bonds is 3. The van der Waals surface area contributed by atoms with Crippen molar-refractivity contribution in [3.63, 3.8) is 0 Å². The summed E-state index contributed by atoms with van der Waals surface area (Å²) in [6, 6.07) is 5.00. The Morgan fingerprint density at radius 3 is 2.78 bits per heavy atom. The average molecular weight is 257 g/mol. The molecule has 96 valence electrons. The lowest BCUT2D eigenvalue weighted by atomic mass is 10.4. The Hall–Kier alpha value is -2.05. The summed E-state index contributed by atoms with van der Waals surface area (Å²) in [5, 5.41) is 0. The summed E-state index contributed by atoms with van der Waals surface area (Å²) in [5.41, 5.74) is 0.543. The van der Waals surface area contributed by atoms with E-state index >= 15 is 0 Å². The predicted molar refractivity (Wildman–Crippen MR) is 59.9 cm³/mol. The number of fused-ring (bicyclic) bond motifs is 1. The molecule has 2 aromatic heterocycles. The van der Waals surface area contributed by atoms with E-state index < -0.39 is 12.7 Å². The van der Waals surface area contributed by atoms with Crippen LogP contribution in [-0.2, 0) is 0 Å². The summed E-state index contributed by atoms with van der Waals surface area (Å²) >= 11 is 0. The normalized spacial score (nSPS) is 11.8. The molecular weight excluding hydrogens is 247 g/mol. The summed E-state index contributed by atoms with van der Waals surface area (Å²) in [7, 11) is 1.25. The Bertz CT molecular complexity index is 576. The first-order valence-electron chi connectivity index (χ1n) is 5.12. The molecule has 0 N–H and O–H groups in total. The topological polar surface area (TPSA) is 37.6 Å². The molecule has 2 heterocycles. The van der Waals surface area contributed by atoms with Crippen LogP contribution in [-0.4, -0.2) is 35.4 Å². The standard InChI is InChI=1S/C11H10F3N3O/c1-16(7-11(12,13)14)10-8(6-18)17-5-3-2-4-9(17)15-10/h2-6H,7H2,1H3. The van der Waals surface area contributed by atoms with Crippen LogP contribution in [0.4, 0.5) is 19.0 Å². The number of hydrogen-bond donors (Lipinski definition) is 0. The maximum atomic E-state index is 12.3. The van der Waals surface area contributed by atoms with Crippen LogP contribution in [0.5, 0.6) is 0 Å². The first-order valence-corrected chi connectivity index (χ1v) is 5.12. The highest BCUT2D eigenvalue weighted by Crippen LogP contribution is 2.23. The van der Waals surface area contributed by atoms with Crippen molar-refractivity contribution in [2.45, 2.75) is 6.18 Å². The van der Waals surface area contributed by atoms with Crippen LogP contribution in [0, 0.1) is 0 Å². The van der Waals surface area contributed by atoms with Crippen LogP contribution >= 0.6 is 0 Å². The number of pyridine rings is 1. The van der Waals surface area contributed by atoms with Crippen LogP contribution < -0.4 is 4.90 Å². The predicted octanol–water partition coefficient (Wildman–Crippen LogP) is 2.15. The fraction of sp³-hybridized carbons (Fsp3) is 0.273. The molecule has 0 amide bonds. The summed E-state index contributed by atoms with van der Waals surface area (Å²) < 4.78 is 38.4. The zero-order chi connectivity index (χ0) is 13.3. The Morgan fingerprint density at radius 2 is 2.17 bits per heavy atom. The lowest BCUT2D eigenvalue weighted by Gasteiger charge is -2.18. The Morgan fingerprint density at radius 1 is 1.44 bits per heavy atom. The lowest BCUT2D eigenvalue weighted by Crippen LogP contribution is -2.31. The highest BCUT2D eigenvalue weighted by Gasteiger charge is 2.31. The quantitative estimate of drug-likeness (QED) is 0.791. The van der Waals surface area contributed by atoms with Crippen molar-refractivity contribution in [2.75, 3.05) is 18.5 Å². The zero-order valence-electron chi connectivity index (χ0n) is 9.48. The van der Waals surface area contributed by atoms with Gasteiger partial charge in [-0.05, 0) is 12.1 Å². The number of halogens is 3. The van der Waals surface area contributed by atoms with Gasteiger partial charge in [-0.15, -0.1) is 0 Å². The molecule has 0 spiro atoms. The number of carbonyl (C=O) groups is 1. The summed E-state index contributed by atoms with van der Waals surface area (Å²) in [4.78, 5) is 15.9. The summed E-state index contributed by atoms with van der Waals surface area (Å²) in [6.45, 7) is -1.16. The van der Waals surface area contributed by atoms with Crippen molar-refractivity contribution >= 4 is 17.8 Å². The number of anilines is 1. The van der Waals surface area contributed by atoms with E-state index in [0.29, 0.717) is 11.9 Å². The monoisotopic (exact) mass is 257 g/mol. The molecule has 0 bridgehead atoms. The van der Waals surface area contributed by atoms with Crippen molar-refractivity contribution in [1.82, 2.24) is 9.38 Å². The van der Waals surface area contributed by atoms with E-state index in [2.05, 4.69) is 4.98 Å². The van der Waals surface area contributed by atoms with E-state index in [1.165, 1.54) is 11.4 Å². The number of imidazole rings is 1. The van der Waals surface area contributed by atoms with Gasteiger partial charge >= 0.3 is 6.18 Å². The lowest BCUT2D eigenvalue weighted by molar-refractivity contribution is -0.119. The molecule has 0 saturated carbocycles. The molecule has 0 aliphatic rings. The van der Waals surface area contributed by atoms with Crippen molar-refractivity contribution in [1.29, 1.82) is 0 Å². The molecule has 2 aromatic rings. The highest BCUT2D eigenvalue weighted by atomic mass is 19.4. The van der Waals surface area contributed by atoms with E-state index in [9.17, 15) is 18.0 Å². The molecule has 0 unspecified atom stereocenters. The first-order chi connectivity index (χ1) is 8.42. The molecule has 0 radical (unpaired) electrons. The molecule has 18 heavy (non-hydrogen) atoms. The third kappa shape index (κ3) is 2.29. The molecule has 0 atom stereocenters. The number of aromatic nitrogens is 2. The van der Waals surface area contributed by atoms with Crippen molar-refractivity contribution in [3.8, 4) is 0 Å². The van der Waals surface area contributed by atoms with E-state index in [4.69, 9.17) is 0 Å². The van der Waals surface area contributed by atoms with E-state index in [1.54, 1.807) is 24.4 Å². The van der Waals surface area contributed by atoms with Crippen LogP contribution in [0.3, 0.4) is 0 Å². The SMILES string of the molecule is CN(CC(F)(F)F)c1nc2ccccn2c1C=O. The number of aldehydes is 1. The van der Waals surface area contributed by atoms with E-state index in [1.807, 2.05) is 0 Å². The zero-order valence-corrected chi connectivity index (χ0v) is 9.48. The molecule has 7 heteroatoms. The van der Waals surface area contributed by atoms with Gasteiger partial charge in [-0.2, -0.15) is 13.2 Å². The molecule has 0 aliphatic heterocycles. The molecule has 0 aliphatic carbocycles. The Kier molecular flexibility index (Phi) is 2.98. The molecule has 2 rings (SSSR count). The van der Waals surface area contributed by atoms with Gasteiger partial charge in [0.25, 0.3) is 0 Å². The number of alkyl halides is 3. The third-order valence-corrected chi connectivity index (χ3v) is 2.44. The van der Waals surface area contributed by atoms with Crippen molar-refractivity contribution in [3.05, 3.63) is 30.1 Å². The Labute approximate surface area is 101 Å². The van der Waals surface area contributed by atoms with Gasteiger partial charge in [0, 0.05) is 13.2 Å². The summed E-state index contributed by atoms with van der Waals surface area (Å²) in [6.07, 6.45) is -2.26. The second-order valence-electron chi connectivity index (χ2n) is 3.84. The van der Waals surface area contributed by atoms with Gasteiger partial charge in [0.05, 0.1) is 0 Å². The summed E-state index contributed by atoms with van der Waals surface area (Å²) in [5.74, 6) is 0.0218. The van der Waals surface area contributed by atoms with Crippen LogP contribution in [0.2, 0.25) is 0 Å². The van der Waals surface area contributed by atoms with Gasteiger partial charge in [-0.25, -0.2) is 4.98 Å². The van der Waals surface area contributed by atoms with Gasteiger partial charge in [0.2, 0.25) is 0 Å². The van der Waals surface area contributed by atoms with Gasteiger partial charge in [-0.1, -0.05) is 6.07 Å². The van der Waals surface area contributed by atoms with Gasteiger partial charge in [0.15, 0.2) is 12.1 Å². The van der Waals surface area contributed by atoms with Gasteiger partial charge in [0.1, 0.15) is 17.9 Å². The molecule has 0 fully saturated rings. The second-order valence-corrected chi connectivity index (χ2v) is 3.84. The maximum Gasteiger partial charge on any atom is 0.405 e. The van der Waals surface area contributed by atoms with E-state index in [-0.39, 0.29) is 11.5 Å². The van der Waals surface area contributed by atoms with Crippen molar-refractivity contribution in [2.24, 2.45) is 0 Å². The number of hydrogen-bond acceptors (Lipinski definition) is 3. The Balaban J connectivity index is 2.47. The highest BCUT2D eigenvalue weighted by molar-refractivity contribution is 5.83. The minimum Gasteiger partial charge on any atom is -0.349 e. The number of carbonyl (C=O) groups excluding carboxylic acids is 1. The minimum absolute atomic E-state index is 0.0218. The van der Waals surface area contributed by atoms with E-state index in [0.717, 1.165) is 4.90 Å². The smallest absolute Gasteiger partial charge is 0.349 e. The first kappa shape index (κ1) is 12.4. The maximum absolute atomic E-state index is 12.3. The third-order valence-electron chi connectivity index (χ3n) is 2.44.